The van der Waals surface area contributed by atoms with Crippen molar-refractivity contribution in [2.45, 2.75) is 26.4 Å². The van der Waals surface area contributed by atoms with Crippen LogP contribution in [0.5, 0.6) is 0 Å². The Morgan fingerprint density at radius 3 is 2.71 bits per heavy atom. The Morgan fingerprint density at radius 1 is 1.35 bits per heavy atom. The van der Waals surface area contributed by atoms with E-state index in [1.54, 1.807) is 27.6 Å². The summed E-state index contributed by atoms with van der Waals surface area (Å²) < 4.78 is 3.31. The third-order valence-electron chi connectivity index (χ3n) is 2.59. The first kappa shape index (κ1) is 11.4. The van der Waals surface area contributed by atoms with Gasteiger partial charge in [0.05, 0.1) is 12.2 Å². The lowest BCUT2D eigenvalue weighted by atomic mass is 10.3. The molecule has 0 bridgehead atoms. The van der Waals surface area contributed by atoms with Gasteiger partial charge in [-0.1, -0.05) is 6.07 Å². The second kappa shape index (κ2) is 4.45. The zero-order valence-electron chi connectivity index (χ0n) is 10.00. The fourth-order valence-electron chi connectivity index (χ4n) is 1.70. The summed E-state index contributed by atoms with van der Waals surface area (Å²) in [7, 11) is 0. The molecule has 2 N–H and O–H groups in total. The van der Waals surface area contributed by atoms with Crippen LogP contribution in [0, 0.1) is 0 Å². The van der Waals surface area contributed by atoms with Gasteiger partial charge in [0.2, 0.25) is 0 Å². The number of rotatable bonds is 3. The number of nitrogens with two attached hydrogens (primary N) is 1. The van der Waals surface area contributed by atoms with E-state index in [0.717, 1.165) is 5.69 Å². The Morgan fingerprint density at radius 2 is 2.12 bits per heavy atom. The normalized spacial score (nSPS) is 11.0. The molecule has 0 fully saturated rings. The van der Waals surface area contributed by atoms with Crippen LogP contribution in [0.15, 0.2) is 35.4 Å². The van der Waals surface area contributed by atoms with Crippen LogP contribution >= 0.6 is 0 Å². The number of imidazole rings is 1. The van der Waals surface area contributed by atoms with Crippen LogP contribution in [0.3, 0.4) is 0 Å². The van der Waals surface area contributed by atoms with Gasteiger partial charge in [-0.25, -0.2) is 9.78 Å². The summed E-state index contributed by atoms with van der Waals surface area (Å²) in [5.74, 6) is 0.471. The number of nitrogens with zero attached hydrogens (tertiary/aromatic N) is 3. The molecule has 0 saturated carbocycles. The Balaban J connectivity index is 2.28. The van der Waals surface area contributed by atoms with Crippen molar-refractivity contribution in [2.24, 2.45) is 0 Å². The molecule has 0 aliphatic carbocycles. The number of hydrogen-bond donors (Lipinski definition) is 1. The van der Waals surface area contributed by atoms with Gasteiger partial charge in [-0.15, -0.1) is 0 Å². The molecular weight excluding hydrogens is 216 g/mol. The maximum absolute atomic E-state index is 12.0. The number of pyridine rings is 1. The summed E-state index contributed by atoms with van der Waals surface area (Å²) >= 11 is 0. The molecule has 5 heteroatoms. The summed E-state index contributed by atoms with van der Waals surface area (Å²) in [6.45, 7) is 4.40. The van der Waals surface area contributed by atoms with E-state index in [1.807, 2.05) is 26.0 Å². The highest BCUT2D eigenvalue weighted by Crippen LogP contribution is 2.03. The molecule has 0 atom stereocenters. The summed E-state index contributed by atoms with van der Waals surface area (Å²) in [5, 5.41) is 0. The Labute approximate surface area is 99.5 Å². The van der Waals surface area contributed by atoms with Crippen LogP contribution in [0.4, 0.5) is 5.82 Å². The van der Waals surface area contributed by atoms with E-state index in [2.05, 4.69) is 4.98 Å². The molecule has 0 spiro atoms. The van der Waals surface area contributed by atoms with Crippen LogP contribution in [-0.2, 0) is 6.54 Å². The highest BCUT2D eigenvalue weighted by Gasteiger charge is 2.06. The van der Waals surface area contributed by atoms with E-state index in [0.29, 0.717) is 12.4 Å². The molecule has 0 amide bonds. The Hall–Kier alpha value is -2.04. The van der Waals surface area contributed by atoms with Crippen LogP contribution in [-0.4, -0.2) is 14.1 Å². The third kappa shape index (κ3) is 2.38. The average molecular weight is 232 g/mol. The highest BCUT2D eigenvalue weighted by atomic mass is 16.1. The van der Waals surface area contributed by atoms with Gasteiger partial charge in [0.15, 0.2) is 0 Å². The van der Waals surface area contributed by atoms with Gasteiger partial charge >= 0.3 is 5.69 Å². The molecule has 2 heterocycles. The van der Waals surface area contributed by atoms with Crippen molar-refractivity contribution < 1.29 is 0 Å². The molecule has 90 valence electrons. The maximum Gasteiger partial charge on any atom is 0.328 e. The SMILES string of the molecule is CC(C)n1ccn(Cc2cccc(N)n2)c1=O. The van der Waals surface area contributed by atoms with Gasteiger partial charge in [0, 0.05) is 18.4 Å². The molecule has 2 aromatic rings. The van der Waals surface area contributed by atoms with Gasteiger partial charge in [-0.2, -0.15) is 0 Å². The van der Waals surface area contributed by atoms with Crippen molar-refractivity contribution in [1.82, 2.24) is 14.1 Å². The highest BCUT2D eigenvalue weighted by molar-refractivity contribution is 5.28. The molecule has 0 radical (unpaired) electrons. The van der Waals surface area contributed by atoms with Crippen molar-refractivity contribution in [2.75, 3.05) is 5.73 Å². The van der Waals surface area contributed by atoms with Gasteiger partial charge in [0.25, 0.3) is 0 Å². The standard InChI is InChI=1S/C12H16N4O/c1-9(2)16-7-6-15(12(16)17)8-10-4-3-5-11(13)14-10/h3-7,9H,8H2,1-2H3,(H2,13,14). The van der Waals surface area contributed by atoms with Crippen LogP contribution in [0.1, 0.15) is 25.6 Å². The predicted molar refractivity (Wildman–Crippen MR) is 66.8 cm³/mol. The largest absolute Gasteiger partial charge is 0.384 e. The van der Waals surface area contributed by atoms with E-state index < -0.39 is 0 Å². The monoisotopic (exact) mass is 232 g/mol. The summed E-state index contributed by atoms with van der Waals surface area (Å²) in [6, 6.07) is 5.58. The van der Waals surface area contributed by atoms with E-state index in [-0.39, 0.29) is 11.7 Å². The second-order valence-electron chi connectivity index (χ2n) is 4.26. The predicted octanol–water partition coefficient (Wildman–Crippen LogP) is 1.26. The van der Waals surface area contributed by atoms with Gasteiger partial charge in [0.1, 0.15) is 5.82 Å². The number of hydrogen-bond acceptors (Lipinski definition) is 3. The lowest BCUT2D eigenvalue weighted by Crippen LogP contribution is -2.25. The molecular formula is C12H16N4O. The van der Waals surface area contributed by atoms with E-state index in [9.17, 15) is 4.79 Å². The first-order valence-electron chi connectivity index (χ1n) is 5.56. The lowest BCUT2D eigenvalue weighted by molar-refractivity contribution is 0.560. The quantitative estimate of drug-likeness (QED) is 0.866. The molecule has 0 saturated heterocycles. The third-order valence-corrected chi connectivity index (χ3v) is 2.59. The first-order valence-corrected chi connectivity index (χ1v) is 5.56. The first-order chi connectivity index (χ1) is 8.08. The van der Waals surface area contributed by atoms with Crippen LogP contribution in [0.2, 0.25) is 0 Å². The molecule has 17 heavy (non-hydrogen) atoms. The van der Waals surface area contributed by atoms with E-state index >= 15 is 0 Å². The Kier molecular flexibility index (Phi) is 2.99. The fourth-order valence-corrected chi connectivity index (χ4v) is 1.70. The minimum atomic E-state index is -0.0239. The average Bonchev–Trinajstić information content (AvgIpc) is 2.61. The van der Waals surface area contributed by atoms with Gasteiger partial charge in [-0.3, -0.25) is 9.13 Å². The van der Waals surface area contributed by atoms with E-state index in [4.69, 9.17) is 5.73 Å². The molecule has 0 aromatic carbocycles. The topological polar surface area (TPSA) is 65.8 Å². The second-order valence-corrected chi connectivity index (χ2v) is 4.26. The molecule has 0 aliphatic heterocycles. The molecule has 5 nitrogen and oxygen atoms in total. The summed E-state index contributed by atoms with van der Waals surface area (Å²) in [4.78, 5) is 16.1. The summed E-state index contributed by atoms with van der Waals surface area (Å²) in [6.07, 6.45) is 3.56. The molecule has 0 aliphatic rings. The number of aromatic nitrogens is 3. The maximum atomic E-state index is 12.0. The van der Waals surface area contributed by atoms with Gasteiger partial charge in [-0.05, 0) is 26.0 Å². The zero-order chi connectivity index (χ0) is 12.4. The minimum absolute atomic E-state index is 0.0239. The van der Waals surface area contributed by atoms with Crippen molar-refractivity contribution in [1.29, 1.82) is 0 Å². The number of anilines is 1. The summed E-state index contributed by atoms with van der Waals surface area (Å²) in [5.41, 5.74) is 6.36. The zero-order valence-corrected chi connectivity index (χ0v) is 10.00. The van der Waals surface area contributed by atoms with Crippen LogP contribution in [0.25, 0.3) is 0 Å². The van der Waals surface area contributed by atoms with E-state index in [1.165, 1.54) is 0 Å². The molecule has 2 rings (SSSR count). The minimum Gasteiger partial charge on any atom is -0.384 e. The fraction of sp³-hybridized carbons (Fsp3) is 0.333. The van der Waals surface area contributed by atoms with Crippen molar-refractivity contribution in [3.05, 3.63) is 46.8 Å². The Bertz CT molecular complexity index is 568. The smallest absolute Gasteiger partial charge is 0.328 e. The van der Waals surface area contributed by atoms with Crippen molar-refractivity contribution in [3.63, 3.8) is 0 Å². The molecule has 2 aromatic heterocycles. The van der Waals surface area contributed by atoms with Gasteiger partial charge < -0.3 is 5.73 Å². The van der Waals surface area contributed by atoms with Crippen molar-refractivity contribution in [3.8, 4) is 0 Å². The van der Waals surface area contributed by atoms with Crippen LogP contribution < -0.4 is 11.4 Å². The van der Waals surface area contributed by atoms with Crippen molar-refractivity contribution >= 4 is 5.82 Å². The lowest BCUT2D eigenvalue weighted by Gasteiger charge is -2.05. The number of nitrogen functional groups attached to an aromatic ring is 1. The molecule has 0 unspecified atom stereocenters.